The molecule has 0 N–H and O–H groups in total. The van der Waals surface area contributed by atoms with E-state index in [2.05, 4.69) is 26.1 Å². The van der Waals surface area contributed by atoms with Crippen LogP contribution in [0.5, 0.6) is 0 Å². The molecule has 0 aliphatic heterocycles. The van der Waals surface area contributed by atoms with Crippen molar-refractivity contribution in [3.05, 3.63) is 34.1 Å². The first-order chi connectivity index (χ1) is 10.1. The number of rotatable bonds is 5. The Hall–Kier alpha value is -1.69. The van der Waals surface area contributed by atoms with Gasteiger partial charge in [-0.25, -0.2) is 0 Å². The standard InChI is InChI=1S/C15H17BrN2O3/c1-4-11(15(19)20-5-2)14-17-13(18-21-14)10-7-6-9(3)12(16)8-10/h6-8,11H,4-5H2,1-3H3. The molecule has 0 fully saturated rings. The number of carbonyl (C=O) groups excluding carboxylic acids is 1. The topological polar surface area (TPSA) is 65.2 Å². The minimum Gasteiger partial charge on any atom is -0.465 e. The summed E-state index contributed by atoms with van der Waals surface area (Å²) >= 11 is 3.48. The van der Waals surface area contributed by atoms with Crippen molar-refractivity contribution in [2.75, 3.05) is 6.61 Å². The fourth-order valence-corrected chi connectivity index (χ4v) is 2.29. The Balaban J connectivity index is 2.27. The molecule has 21 heavy (non-hydrogen) atoms. The van der Waals surface area contributed by atoms with Crippen molar-refractivity contribution in [1.29, 1.82) is 0 Å². The number of halogens is 1. The zero-order valence-corrected chi connectivity index (χ0v) is 13.8. The zero-order valence-electron chi connectivity index (χ0n) is 12.2. The van der Waals surface area contributed by atoms with Gasteiger partial charge in [-0.05, 0) is 31.9 Å². The Morgan fingerprint density at radius 3 is 2.81 bits per heavy atom. The Labute approximate surface area is 131 Å². The van der Waals surface area contributed by atoms with E-state index in [1.807, 2.05) is 32.0 Å². The third-order valence-corrected chi connectivity index (χ3v) is 4.00. The van der Waals surface area contributed by atoms with Gasteiger partial charge in [-0.3, -0.25) is 4.79 Å². The lowest BCUT2D eigenvalue weighted by Gasteiger charge is -2.08. The van der Waals surface area contributed by atoms with Gasteiger partial charge < -0.3 is 9.26 Å². The second-order valence-electron chi connectivity index (χ2n) is 4.63. The van der Waals surface area contributed by atoms with Crippen LogP contribution in [-0.2, 0) is 9.53 Å². The molecule has 0 bridgehead atoms. The van der Waals surface area contributed by atoms with Gasteiger partial charge >= 0.3 is 5.97 Å². The average Bonchev–Trinajstić information content (AvgIpc) is 2.92. The van der Waals surface area contributed by atoms with Gasteiger partial charge in [-0.2, -0.15) is 4.98 Å². The number of aryl methyl sites for hydroxylation is 1. The van der Waals surface area contributed by atoms with Crippen molar-refractivity contribution in [3.63, 3.8) is 0 Å². The van der Waals surface area contributed by atoms with Crippen LogP contribution in [0.2, 0.25) is 0 Å². The molecular weight excluding hydrogens is 336 g/mol. The molecule has 0 aliphatic rings. The van der Waals surface area contributed by atoms with Gasteiger partial charge in [-0.15, -0.1) is 0 Å². The highest BCUT2D eigenvalue weighted by atomic mass is 79.9. The predicted molar refractivity (Wildman–Crippen MR) is 81.8 cm³/mol. The lowest BCUT2D eigenvalue weighted by atomic mass is 10.1. The second-order valence-corrected chi connectivity index (χ2v) is 5.49. The van der Waals surface area contributed by atoms with Crippen molar-refractivity contribution >= 4 is 21.9 Å². The molecule has 0 aliphatic carbocycles. The van der Waals surface area contributed by atoms with Crippen LogP contribution in [0.25, 0.3) is 11.4 Å². The normalized spacial score (nSPS) is 12.2. The maximum atomic E-state index is 11.9. The fourth-order valence-electron chi connectivity index (χ4n) is 1.91. The van der Waals surface area contributed by atoms with E-state index in [-0.39, 0.29) is 5.97 Å². The molecule has 1 aromatic heterocycles. The van der Waals surface area contributed by atoms with Crippen molar-refractivity contribution < 1.29 is 14.1 Å². The second kappa shape index (κ2) is 6.85. The quantitative estimate of drug-likeness (QED) is 0.764. The van der Waals surface area contributed by atoms with Crippen LogP contribution in [0.1, 0.15) is 37.6 Å². The molecule has 0 spiro atoms. The van der Waals surface area contributed by atoms with Gasteiger partial charge in [0.15, 0.2) is 0 Å². The highest BCUT2D eigenvalue weighted by molar-refractivity contribution is 9.10. The summed E-state index contributed by atoms with van der Waals surface area (Å²) in [6, 6.07) is 5.81. The van der Waals surface area contributed by atoms with Gasteiger partial charge in [-0.1, -0.05) is 40.1 Å². The van der Waals surface area contributed by atoms with Gasteiger partial charge in [0, 0.05) is 10.0 Å². The van der Waals surface area contributed by atoms with E-state index < -0.39 is 5.92 Å². The molecule has 112 valence electrons. The summed E-state index contributed by atoms with van der Waals surface area (Å²) in [6.45, 7) is 5.99. The van der Waals surface area contributed by atoms with Crippen LogP contribution in [-0.4, -0.2) is 22.7 Å². The molecule has 6 heteroatoms. The molecular formula is C15H17BrN2O3. The van der Waals surface area contributed by atoms with E-state index in [0.717, 1.165) is 15.6 Å². The van der Waals surface area contributed by atoms with E-state index in [9.17, 15) is 4.79 Å². The summed E-state index contributed by atoms with van der Waals surface area (Å²) in [5, 5.41) is 3.95. The lowest BCUT2D eigenvalue weighted by molar-refractivity contribution is -0.145. The van der Waals surface area contributed by atoms with E-state index >= 15 is 0 Å². The van der Waals surface area contributed by atoms with E-state index in [1.54, 1.807) is 6.92 Å². The van der Waals surface area contributed by atoms with Crippen molar-refractivity contribution in [3.8, 4) is 11.4 Å². The van der Waals surface area contributed by atoms with E-state index in [4.69, 9.17) is 9.26 Å². The Kier molecular flexibility index (Phi) is 5.12. The first-order valence-corrected chi connectivity index (χ1v) is 7.62. The van der Waals surface area contributed by atoms with Crippen molar-refractivity contribution in [1.82, 2.24) is 10.1 Å². The monoisotopic (exact) mass is 352 g/mol. The van der Waals surface area contributed by atoms with Gasteiger partial charge in [0.05, 0.1) is 6.61 Å². The molecule has 1 aromatic carbocycles. The molecule has 2 aromatic rings. The summed E-state index contributed by atoms with van der Waals surface area (Å²) in [6.07, 6.45) is 0.554. The molecule has 0 saturated heterocycles. The molecule has 0 amide bonds. The summed E-state index contributed by atoms with van der Waals surface area (Å²) in [4.78, 5) is 16.2. The number of aromatic nitrogens is 2. The number of nitrogens with zero attached hydrogens (tertiary/aromatic N) is 2. The molecule has 5 nitrogen and oxygen atoms in total. The number of hydrogen-bond donors (Lipinski definition) is 0. The Morgan fingerprint density at radius 1 is 1.43 bits per heavy atom. The van der Waals surface area contributed by atoms with Crippen LogP contribution in [0.15, 0.2) is 27.2 Å². The van der Waals surface area contributed by atoms with Crippen molar-refractivity contribution in [2.24, 2.45) is 0 Å². The smallest absolute Gasteiger partial charge is 0.318 e. The van der Waals surface area contributed by atoms with Crippen LogP contribution in [0.3, 0.4) is 0 Å². The molecule has 1 heterocycles. The number of carbonyl (C=O) groups is 1. The van der Waals surface area contributed by atoms with Crippen LogP contribution >= 0.6 is 15.9 Å². The van der Waals surface area contributed by atoms with Gasteiger partial charge in [0.1, 0.15) is 5.92 Å². The Bertz CT molecular complexity index is 640. The minimum absolute atomic E-state index is 0.294. The number of ether oxygens (including phenoxy) is 1. The Morgan fingerprint density at radius 2 is 2.19 bits per heavy atom. The summed E-state index contributed by atoms with van der Waals surface area (Å²) < 4.78 is 11.2. The minimum atomic E-state index is -0.514. The zero-order chi connectivity index (χ0) is 15.4. The molecule has 1 unspecified atom stereocenters. The molecule has 0 radical (unpaired) electrons. The predicted octanol–water partition coefficient (Wildman–Crippen LogP) is 3.86. The highest BCUT2D eigenvalue weighted by Gasteiger charge is 2.26. The summed E-state index contributed by atoms with van der Waals surface area (Å²) in [5.74, 6) is -0.0866. The first kappa shape index (κ1) is 15.7. The van der Waals surface area contributed by atoms with Crippen LogP contribution < -0.4 is 0 Å². The average molecular weight is 353 g/mol. The summed E-state index contributed by atoms with van der Waals surface area (Å²) in [5.41, 5.74) is 1.96. The number of benzene rings is 1. The van der Waals surface area contributed by atoms with Gasteiger partial charge in [0.2, 0.25) is 11.7 Å². The number of hydrogen-bond acceptors (Lipinski definition) is 5. The molecule has 1 atom stereocenters. The van der Waals surface area contributed by atoms with Gasteiger partial charge in [0.25, 0.3) is 0 Å². The third-order valence-electron chi connectivity index (χ3n) is 3.15. The van der Waals surface area contributed by atoms with E-state index in [1.165, 1.54) is 0 Å². The molecule has 2 rings (SSSR count). The highest BCUT2D eigenvalue weighted by Crippen LogP contribution is 2.26. The fraction of sp³-hybridized carbons (Fsp3) is 0.400. The lowest BCUT2D eigenvalue weighted by Crippen LogP contribution is -2.15. The number of esters is 1. The van der Waals surface area contributed by atoms with Crippen LogP contribution in [0, 0.1) is 6.92 Å². The van der Waals surface area contributed by atoms with E-state index in [0.29, 0.717) is 24.7 Å². The maximum Gasteiger partial charge on any atom is 0.318 e. The summed E-state index contributed by atoms with van der Waals surface area (Å²) in [7, 11) is 0. The largest absolute Gasteiger partial charge is 0.465 e. The van der Waals surface area contributed by atoms with Crippen molar-refractivity contribution in [2.45, 2.75) is 33.1 Å². The van der Waals surface area contributed by atoms with Crippen LogP contribution in [0.4, 0.5) is 0 Å². The third kappa shape index (κ3) is 3.50. The maximum absolute atomic E-state index is 11.9. The SMILES string of the molecule is CCOC(=O)C(CC)c1nc(-c2ccc(C)c(Br)c2)no1. The first-order valence-electron chi connectivity index (χ1n) is 6.83. The molecule has 0 saturated carbocycles.